The Morgan fingerprint density at radius 2 is 1.52 bits per heavy atom. The molecule has 1 N–H and O–H groups in total. The van der Waals surface area contributed by atoms with E-state index in [1.165, 1.54) is 0 Å². The molecule has 0 radical (unpaired) electrons. The number of esters is 1. The average molecular weight is 435 g/mol. The predicted octanol–water partition coefficient (Wildman–Crippen LogP) is 4.15. The molecule has 0 aliphatic carbocycles. The Morgan fingerprint density at radius 3 is 2.00 bits per heavy atom. The first kappa shape index (κ1) is 26.5. The number of rotatable bonds is 10. The summed E-state index contributed by atoms with van der Waals surface area (Å²) in [6.07, 6.45) is -1.01. The summed E-state index contributed by atoms with van der Waals surface area (Å²) in [7, 11) is 0. The molecule has 0 fully saturated rings. The van der Waals surface area contributed by atoms with Gasteiger partial charge in [-0.3, -0.25) is 9.59 Å². The second kappa shape index (κ2) is 12.3. The van der Waals surface area contributed by atoms with Gasteiger partial charge in [-0.25, -0.2) is 4.79 Å². The lowest BCUT2D eigenvalue weighted by Crippen LogP contribution is -2.52. The summed E-state index contributed by atoms with van der Waals surface area (Å²) in [5.74, 6) is -0.387. The first-order valence-electron chi connectivity index (χ1n) is 10.8. The summed E-state index contributed by atoms with van der Waals surface area (Å²) in [6, 6.07) is 8.23. The van der Waals surface area contributed by atoms with Gasteiger partial charge in [0.05, 0.1) is 6.42 Å². The fourth-order valence-electron chi connectivity index (χ4n) is 2.97. The van der Waals surface area contributed by atoms with Gasteiger partial charge in [-0.05, 0) is 38.2 Å². The Hall–Kier alpha value is -2.57. The number of hydrogen-bond donors (Lipinski definition) is 1. The van der Waals surface area contributed by atoms with Crippen LogP contribution in [-0.4, -0.2) is 47.6 Å². The van der Waals surface area contributed by atoms with Crippen molar-refractivity contribution in [3.8, 4) is 0 Å². The van der Waals surface area contributed by atoms with Gasteiger partial charge in [0.25, 0.3) is 0 Å². The van der Waals surface area contributed by atoms with Crippen LogP contribution in [0.15, 0.2) is 30.3 Å². The molecule has 0 aliphatic rings. The molecule has 7 nitrogen and oxygen atoms in total. The zero-order valence-corrected chi connectivity index (χ0v) is 19.9. The van der Waals surface area contributed by atoms with Gasteiger partial charge in [-0.1, -0.05) is 58.0 Å². The molecule has 0 aromatic heterocycles. The molecule has 2 amide bonds. The van der Waals surface area contributed by atoms with Crippen molar-refractivity contribution in [3.05, 3.63) is 35.9 Å². The lowest BCUT2D eigenvalue weighted by molar-refractivity contribution is -0.148. The molecule has 7 heteroatoms. The van der Waals surface area contributed by atoms with E-state index in [4.69, 9.17) is 9.47 Å². The molecule has 0 aliphatic heterocycles. The Bertz CT molecular complexity index is 700. The third-order valence-corrected chi connectivity index (χ3v) is 4.09. The zero-order chi connectivity index (χ0) is 23.6. The van der Waals surface area contributed by atoms with Crippen LogP contribution < -0.4 is 5.32 Å². The summed E-state index contributed by atoms with van der Waals surface area (Å²) >= 11 is 0. The molecule has 31 heavy (non-hydrogen) atoms. The fourth-order valence-corrected chi connectivity index (χ4v) is 2.97. The van der Waals surface area contributed by atoms with Gasteiger partial charge in [0.2, 0.25) is 5.91 Å². The largest absolute Gasteiger partial charge is 0.461 e. The number of nitrogens with one attached hydrogen (secondary N) is 1. The number of benzene rings is 1. The van der Waals surface area contributed by atoms with Crippen LogP contribution in [0, 0.1) is 11.8 Å². The third-order valence-electron chi connectivity index (χ3n) is 4.09. The highest BCUT2D eigenvalue weighted by Gasteiger charge is 2.31. The highest BCUT2D eigenvalue weighted by molar-refractivity contribution is 5.89. The maximum Gasteiger partial charge on any atom is 0.408 e. The average Bonchev–Trinajstić information content (AvgIpc) is 2.63. The van der Waals surface area contributed by atoms with E-state index in [0.29, 0.717) is 13.1 Å². The minimum absolute atomic E-state index is 0.106. The molecule has 0 heterocycles. The molecule has 0 unspecified atom stereocenters. The Kier molecular flexibility index (Phi) is 10.5. The van der Waals surface area contributed by atoms with E-state index in [1.807, 2.05) is 58.0 Å². The minimum atomic E-state index is -1.06. The molecule has 1 atom stereocenters. The molecule has 0 saturated carbocycles. The fraction of sp³-hybridized carbons (Fsp3) is 0.625. The quantitative estimate of drug-likeness (QED) is 0.559. The molecule has 1 rings (SSSR count). The predicted molar refractivity (Wildman–Crippen MR) is 120 cm³/mol. The van der Waals surface area contributed by atoms with E-state index >= 15 is 0 Å². The molecule has 0 bridgehead atoms. The standard InChI is InChI=1S/C24H38N2O5/c1-17(2)14-26(15-18(3)4)22(28)20(25-23(29)31-24(5,6)7)13-21(27)30-16-19-11-9-8-10-12-19/h8-12,17-18,20H,13-16H2,1-7H3,(H,25,29)/t20-/m0/s1. The van der Waals surface area contributed by atoms with Crippen LogP contribution in [0.2, 0.25) is 0 Å². The molecule has 174 valence electrons. The Balaban J connectivity index is 2.93. The monoisotopic (exact) mass is 434 g/mol. The van der Waals surface area contributed by atoms with Crippen LogP contribution in [0.25, 0.3) is 0 Å². The smallest absolute Gasteiger partial charge is 0.408 e. The number of ether oxygens (including phenoxy) is 2. The van der Waals surface area contributed by atoms with Crippen molar-refractivity contribution in [3.63, 3.8) is 0 Å². The molecule has 1 aromatic carbocycles. The minimum Gasteiger partial charge on any atom is -0.461 e. The number of hydrogen-bond acceptors (Lipinski definition) is 5. The second-order valence-corrected chi connectivity index (χ2v) is 9.58. The lowest BCUT2D eigenvalue weighted by Gasteiger charge is -2.30. The molecule has 0 saturated heterocycles. The van der Waals surface area contributed by atoms with Crippen LogP contribution >= 0.6 is 0 Å². The van der Waals surface area contributed by atoms with Crippen molar-refractivity contribution in [2.75, 3.05) is 13.1 Å². The molecule has 0 spiro atoms. The summed E-state index contributed by atoms with van der Waals surface area (Å²) in [6.45, 7) is 14.5. The van der Waals surface area contributed by atoms with Gasteiger partial charge in [0, 0.05) is 13.1 Å². The van der Waals surface area contributed by atoms with Crippen LogP contribution in [0.1, 0.15) is 60.5 Å². The van der Waals surface area contributed by atoms with E-state index < -0.39 is 23.7 Å². The van der Waals surface area contributed by atoms with Crippen molar-refractivity contribution in [2.24, 2.45) is 11.8 Å². The van der Waals surface area contributed by atoms with E-state index in [0.717, 1.165) is 5.56 Å². The van der Waals surface area contributed by atoms with Gasteiger partial charge in [0.15, 0.2) is 0 Å². The SMILES string of the molecule is CC(C)CN(CC(C)C)C(=O)[C@H](CC(=O)OCc1ccccc1)NC(=O)OC(C)(C)C. The van der Waals surface area contributed by atoms with E-state index in [9.17, 15) is 14.4 Å². The van der Waals surface area contributed by atoms with Gasteiger partial charge in [0.1, 0.15) is 18.2 Å². The summed E-state index contributed by atoms with van der Waals surface area (Å²) in [4.78, 5) is 39.8. The number of alkyl carbamates (subject to hydrolysis) is 1. The van der Waals surface area contributed by atoms with Crippen molar-refractivity contribution in [1.82, 2.24) is 10.2 Å². The van der Waals surface area contributed by atoms with E-state index in [1.54, 1.807) is 25.7 Å². The molecular weight excluding hydrogens is 396 g/mol. The molecular formula is C24H38N2O5. The Labute approximate surface area is 186 Å². The number of nitrogens with zero attached hydrogens (tertiary/aromatic N) is 1. The maximum atomic E-state index is 13.3. The van der Waals surface area contributed by atoms with Crippen molar-refractivity contribution in [1.29, 1.82) is 0 Å². The Morgan fingerprint density at radius 1 is 0.968 bits per heavy atom. The normalized spacial score (nSPS) is 12.4. The zero-order valence-electron chi connectivity index (χ0n) is 19.9. The number of carbonyl (C=O) groups excluding carboxylic acids is 3. The van der Waals surface area contributed by atoms with Gasteiger partial charge >= 0.3 is 12.1 Å². The van der Waals surface area contributed by atoms with E-state index in [2.05, 4.69) is 5.32 Å². The van der Waals surface area contributed by atoms with Crippen LogP contribution in [0.5, 0.6) is 0 Å². The lowest BCUT2D eigenvalue weighted by atomic mass is 10.1. The topological polar surface area (TPSA) is 84.9 Å². The van der Waals surface area contributed by atoms with Gasteiger partial charge in [-0.2, -0.15) is 0 Å². The summed E-state index contributed by atoms with van der Waals surface area (Å²) < 4.78 is 10.6. The third kappa shape index (κ3) is 11.4. The number of carbonyl (C=O) groups is 3. The highest BCUT2D eigenvalue weighted by atomic mass is 16.6. The molecule has 1 aromatic rings. The van der Waals surface area contributed by atoms with E-state index in [-0.39, 0.29) is 30.8 Å². The first-order valence-corrected chi connectivity index (χ1v) is 10.8. The summed E-state index contributed by atoms with van der Waals surface area (Å²) in [5.41, 5.74) is 0.126. The van der Waals surface area contributed by atoms with Crippen molar-refractivity contribution in [2.45, 2.75) is 73.1 Å². The van der Waals surface area contributed by atoms with Crippen LogP contribution in [0.3, 0.4) is 0 Å². The second-order valence-electron chi connectivity index (χ2n) is 9.58. The van der Waals surface area contributed by atoms with Crippen molar-refractivity contribution >= 4 is 18.0 Å². The van der Waals surface area contributed by atoms with Crippen molar-refractivity contribution < 1.29 is 23.9 Å². The van der Waals surface area contributed by atoms with Crippen LogP contribution in [-0.2, 0) is 25.7 Å². The van der Waals surface area contributed by atoms with Gasteiger partial charge < -0.3 is 19.7 Å². The summed E-state index contributed by atoms with van der Waals surface area (Å²) in [5, 5.41) is 2.58. The highest BCUT2D eigenvalue weighted by Crippen LogP contribution is 2.12. The first-order chi connectivity index (χ1) is 14.4. The van der Waals surface area contributed by atoms with Gasteiger partial charge in [-0.15, -0.1) is 0 Å². The number of amides is 2. The maximum absolute atomic E-state index is 13.3. The van der Waals surface area contributed by atoms with Crippen LogP contribution in [0.4, 0.5) is 4.79 Å².